The van der Waals surface area contributed by atoms with Gasteiger partial charge in [0.1, 0.15) is 0 Å². The molecule has 1 aromatic rings. The molecule has 0 unspecified atom stereocenters. The van der Waals surface area contributed by atoms with Crippen molar-refractivity contribution in [2.75, 3.05) is 0 Å². The highest BCUT2D eigenvalue weighted by Crippen LogP contribution is 2.00. The summed E-state index contributed by atoms with van der Waals surface area (Å²) in [5, 5.41) is 3.50. The minimum Gasteiger partial charge on any atom is -0.367 e. The van der Waals surface area contributed by atoms with E-state index >= 15 is 0 Å². The van der Waals surface area contributed by atoms with Gasteiger partial charge in [-0.1, -0.05) is 13.8 Å². The van der Waals surface area contributed by atoms with Gasteiger partial charge in [-0.05, 0) is 24.5 Å². The lowest BCUT2D eigenvalue weighted by Gasteiger charge is -2.13. The van der Waals surface area contributed by atoms with E-state index < -0.39 is 0 Å². The van der Waals surface area contributed by atoms with Crippen molar-refractivity contribution in [3.05, 3.63) is 24.0 Å². The van der Waals surface area contributed by atoms with Gasteiger partial charge in [0.05, 0.1) is 0 Å². The fraction of sp³-hybridized carbons (Fsp3) is 0.600. The maximum Gasteiger partial charge on any atom is 0.0223 e. The van der Waals surface area contributed by atoms with Crippen LogP contribution in [-0.2, 0) is 6.54 Å². The molecule has 1 aromatic heterocycles. The number of aromatic amines is 1. The van der Waals surface area contributed by atoms with Crippen LogP contribution in [0.4, 0.5) is 0 Å². The van der Waals surface area contributed by atoms with Crippen molar-refractivity contribution in [2.24, 2.45) is 0 Å². The van der Waals surface area contributed by atoms with E-state index in [0.29, 0.717) is 6.04 Å². The van der Waals surface area contributed by atoms with Crippen molar-refractivity contribution in [1.29, 1.82) is 0 Å². The number of nitrogens with one attached hydrogen (secondary N) is 2. The summed E-state index contributed by atoms with van der Waals surface area (Å²) in [6, 6.07) is 2.77. The van der Waals surface area contributed by atoms with Crippen molar-refractivity contribution >= 4 is 0 Å². The van der Waals surface area contributed by atoms with E-state index in [1.54, 1.807) is 0 Å². The van der Waals surface area contributed by atoms with Crippen molar-refractivity contribution in [3.8, 4) is 0 Å². The summed E-state index contributed by atoms with van der Waals surface area (Å²) in [7, 11) is 0. The van der Waals surface area contributed by atoms with Crippen molar-refractivity contribution in [1.82, 2.24) is 10.3 Å². The van der Waals surface area contributed by atoms with Gasteiger partial charge in [-0.3, -0.25) is 0 Å². The van der Waals surface area contributed by atoms with Gasteiger partial charge in [-0.15, -0.1) is 0 Å². The zero-order valence-electron chi connectivity index (χ0n) is 7.93. The van der Waals surface area contributed by atoms with Gasteiger partial charge in [-0.2, -0.15) is 0 Å². The summed E-state index contributed by atoms with van der Waals surface area (Å²) in [6.45, 7) is 5.42. The van der Waals surface area contributed by atoms with Crippen LogP contribution < -0.4 is 5.32 Å². The topological polar surface area (TPSA) is 27.8 Å². The first kappa shape index (κ1) is 9.33. The largest absolute Gasteiger partial charge is 0.367 e. The van der Waals surface area contributed by atoms with Crippen molar-refractivity contribution in [3.63, 3.8) is 0 Å². The number of hydrogen-bond donors (Lipinski definition) is 2. The van der Waals surface area contributed by atoms with Gasteiger partial charge in [-0.25, -0.2) is 0 Å². The van der Waals surface area contributed by atoms with Crippen LogP contribution in [0.5, 0.6) is 0 Å². The van der Waals surface area contributed by atoms with Crippen molar-refractivity contribution in [2.45, 2.75) is 39.3 Å². The van der Waals surface area contributed by atoms with Gasteiger partial charge in [0.2, 0.25) is 0 Å². The van der Waals surface area contributed by atoms with E-state index in [9.17, 15) is 0 Å². The summed E-state index contributed by atoms with van der Waals surface area (Å²) in [4.78, 5) is 3.05. The molecule has 2 N–H and O–H groups in total. The van der Waals surface area contributed by atoms with Crippen LogP contribution in [0.3, 0.4) is 0 Å². The minimum atomic E-state index is 0.667. The minimum absolute atomic E-state index is 0.667. The monoisotopic (exact) mass is 166 g/mol. The summed E-state index contributed by atoms with van der Waals surface area (Å²) >= 11 is 0. The van der Waals surface area contributed by atoms with Crippen molar-refractivity contribution < 1.29 is 0 Å². The lowest BCUT2D eigenvalue weighted by atomic mass is 10.1. The molecule has 0 saturated heterocycles. The van der Waals surface area contributed by atoms with E-state index in [0.717, 1.165) is 6.54 Å². The van der Waals surface area contributed by atoms with Crippen LogP contribution >= 0.6 is 0 Å². The van der Waals surface area contributed by atoms with E-state index in [1.165, 1.54) is 18.4 Å². The zero-order chi connectivity index (χ0) is 8.81. The number of hydrogen-bond acceptors (Lipinski definition) is 1. The highest BCUT2D eigenvalue weighted by atomic mass is 14.9. The maximum absolute atomic E-state index is 3.50. The molecule has 1 heterocycles. The molecule has 2 nitrogen and oxygen atoms in total. The molecule has 0 aromatic carbocycles. The quantitative estimate of drug-likeness (QED) is 0.690. The molecule has 0 saturated carbocycles. The predicted molar refractivity (Wildman–Crippen MR) is 52.0 cm³/mol. The molecule has 0 amide bonds. The molecule has 0 radical (unpaired) electrons. The molecule has 0 aliphatic heterocycles. The Morgan fingerprint density at radius 1 is 1.42 bits per heavy atom. The molecule has 1 rings (SSSR count). The first-order chi connectivity index (χ1) is 5.86. The lowest BCUT2D eigenvalue weighted by Crippen LogP contribution is -2.26. The Labute approximate surface area is 74.4 Å². The van der Waals surface area contributed by atoms with Crippen LogP contribution in [0.15, 0.2) is 18.5 Å². The second-order valence-corrected chi connectivity index (χ2v) is 3.11. The third kappa shape index (κ3) is 2.70. The Morgan fingerprint density at radius 3 is 2.67 bits per heavy atom. The first-order valence-corrected chi connectivity index (χ1v) is 4.71. The van der Waals surface area contributed by atoms with E-state index in [4.69, 9.17) is 0 Å². The molecule has 0 bridgehead atoms. The summed E-state index contributed by atoms with van der Waals surface area (Å²) < 4.78 is 0. The number of aromatic nitrogens is 1. The van der Waals surface area contributed by atoms with Crippen LogP contribution in [0.2, 0.25) is 0 Å². The van der Waals surface area contributed by atoms with Gasteiger partial charge in [0.15, 0.2) is 0 Å². The highest BCUT2D eigenvalue weighted by molar-refractivity contribution is 5.07. The van der Waals surface area contributed by atoms with Crippen LogP contribution in [0, 0.1) is 0 Å². The molecule has 0 spiro atoms. The Hall–Kier alpha value is -0.760. The van der Waals surface area contributed by atoms with Gasteiger partial charge in [0, 0.05) is 25.0 Å². The summed E-state index contributed by atoms with van der Waals surface area (Å²) in [5.41, 5.74) is 1.34. The Morgan fingerprint density at radius 2 is 2.17 bits per heavy atom. The van der Waals surface area contributed by atoms with Gasteiger partial charge < -0.3 is 10.3 Å². The molecule has 68 valence electrons. The summed E-state index contributed by atoms with van der Waals surface area (Å²) in [5.74, 6) is 0. The van der Waals surface area contributed by atoms with Crippen LogP contribution in [0.1, 0.15) is 32.3 Å². The third-order valence-corrected chi connectivity index (χ3v) is 2.24. The molecule has 0 atom stereocenters. The molecule has 2 heteroatoms. The second kappa shape index (κ2) is 4.99. The average molecular weight is 166 g/mol. The lowest BCUT2D eigenvalue weighted by molar-refractivity contribution is 0.484. The van der Waals surface area contributed by atoms with E-state index in [2.05, 4.69) is 30.2 Å². The molecule has 0 aliphatic rings. The normalized spacial score (nSPS) is 10.9. The Kier molecular flexibility index (Phi) is 3.88. The fourth-order valence-corrected chi connectivity index (χ4v) is 1.31. The van der Waals surface area contributed by atoms with E-state index in [1.807, 2.05) is 12.4 Å². The Bertz CT molecular complexity index is 188. The van der Waals surface area contributed by atoms with Crippen LogP contribution in [0.25, 0.3) is 0 Å². The SMILES string of the molecule is CCC(CC)NCc1cc[nH]c1. The number of H-pyrrole nitrogens is 1. The van der Waals surface area contributed by atoms with Crippen LogP contribution in [-0.4, -0.2) is 11.0 Å². The molecular formula is C10H18N2. The highest BCUT2D eigenvalue weighted by Gasteiger charge is 2.01. The first-order valence-electron chi connectivity index (χ1n) is 4.71. The molecule has 12 heavy (non-hydrogen) atoms. The average Bonchev–Trinajstić information content (AvgIpc) is 2.59. The maximum atomic E-state index is 3.50. The van der Waals surface area contributed by atoms with E-state index in [-0.39, 0.29) is 0 Å². The number of rotatable bonds is 5. The molecule has 0 aliphatic carbocycles. The summed E-state index contributed by atoms with van der Waals surface area (Å²) in [6.07, 6.45) is 6.42. The standard InChI is InChI=1S/C10H18N2/c1-3-10(4-2)12-8-9-5-6-11-7-9/h5-7,10-12H,3-4,8H2,1-2H3. The zero-order valence-corrected chi connectivity index (χ0v) is 7.93. The fourth-order valence-electron chi connectivity index (χ4n) is 1.31. The smallest absolute Gasteiger partial charge is 0.0223 e. The van der Waals surface area contributed by atoms with Gasteiger partial charge >= 0.3 is 0 Å². The van der Waals surface area contributed by atoms with Gasteiger partial charge in [0.25, 0.3) is 0 Å². The Balaban J connectivity index is 2.25. The predicted octanol–water partition coefficient (Wildman–Crippen LogP) is 2.29. The molecule has 0 fully saturated rings. The molecular weight excluding hydrogens is 148 g/mol. The second-order valence-electron chi connectivity index (χ2n) is 3.11. The third-order valence-electron chi connectivity index (χ3n) is 2.24.